The van der Waals surface area contributed by atoms with Gasteiger partial charge in [0.15, 0.2) is 0 Å². The average molecular weight is 344 g/mol. The van der Waals surface area contributed by atoms with Gasteiger partial charge in [-0.1, -0.05) is 13.3 Å². The second-order valence-corrected chi connectivity index (χ2v) is 6.06. The van der Waals surface area contributed by atoms with Crippen molar-refractivity contribution >= 4 is 21.7 Å². The number of aromatic nitrogens is 2. The quantitative estimate of drug-likeness (QED) is 0.748. The smallest absolute Gasteiger partial charge is 0.138 e. The molecule has 1 atom stereocenters. The Bertz CT molecular complexity index is 443. The normalized spacial score (nSPS) is 12.7. The zero-order chi connectivity index (χ0) is 15.1. The van der Waals surface area contributed by atoms with Gasteiger partial charge in [0.1, 0.15) is 5.78 Å². The largest absolute Gasteiger partial charge is 0.330 e. The number of nitrogens with zero attached hydrogens (tertiary/aromatic N) is 2. The van der Waals surface area contributed by atoms with E-state index in [2.05, 4.69) is 28.0 Å². The number of halogens is 1. The van der Waals surface area contributed by atoms with Gasteiger partial charge >= 0.3 is 0 Å². The Morgan fingerprint density at radius 1 is 1.40 bits per heavy atom. The average Bonchev–Trinajstić information content (AvgIpc) is 2.71. The van der Waals surface area contributed by atoms with Gasteiger partial charge < -0.3 is 5.73 Å². The SMILES string of the molecule is CCC(CCN)CCC(=O)Cc1c(Br)c(C)nn1CC. The van der Waals surface area contributed by atoms with E-state index in [9.17, 15) is 4.79 Å². The Balaban J connectivity index is 2.58. The summed E-state index contributed by atoms with van der Waals surface area (Å²) in [4.78, 5) is 12.2. The van der Waals surface area contributed by atoms with Crippen LogP contribution in [0.3, 0.4) is 0 Å². The molecule has 5 heteroatoms. The van der Waals surface area contributed by atoms with E-state index in [-0.39, 0.29) is 5.78 Å². The van der Waals surface area contributed by atoms with Gasteiger partial charge in [0, 0.05) is 19.4 Å². The summed E-state index contributed by atoms with van der Waals surface area (Å²) in [5.74, 6) is 0.862. The zero-order valence-electron chi connectivity index (χ0n) is 12.8. The lowest BCUT2D eigenvalue weighted by molar-refractivity contribution is -0.118. The first-order chi connectivity index (χ1) is 9.53. The molecule has 4 nitrogen and oxygen atoms in total. The first-order valence-corrected chi connectivity index (χ1v) is 8.26. The summed E-state index contributed by atoms with van der Waals surface area (Å²) in [7, 11) is 0. The molecule has 0 amide bonds. The number of carbonyl (C=O) groups excluding carboxylic acids is 1. The van der Waals surface area contributed by atoms with Crippen LogP contribution in [0.5, 0.6) is 0 Å². The lowest BCUT2D eigenvalue weighted by Crippen LogP contribution is -2.13. The van der Waals surface area contributed by atoms with Gasteiger partial charge in [0.05, 0.1) is 15.9 Å². The molecular formula is C15H26BrN3O. The number of rotatable bonds is 9. The van der Waals surface area contributed by atoms with Gasteiger partial charge in [-0.25, -0.2) is 0 Å². The third kappa shape index (κ3) is 4.70. The highest BCUT2D eigenvalue weighted by Crippen LogP contribution is 2.23. The zero-order valence-corrected chi connectivity index (χ0v) is 14.4. The van der Waals surface area contributed by atoms with Crippen LogP contribution in [0.4, 0.5) is 0 Å². The number of aryl methyl sites for hydroxylation is 2. The van der Waals surface area contributed by atoms with Crippen molar-refractivity contribution in [3.63, 3.8) is 0 Å². The molecule has 0 aliphatic heterocycles. The summed E-state index contributed by atoms with van der Waals surface area (Å²) < 4.78 is 2.89. The molecule has 0 aromatic carbocycles. The van der Waals surface area contributed by atoms with Crippen LogP contribution in [0.1, 0.15) is 50.9 Å². The van der Waals surface area contributed by atoms with Crippen molar-refractivity contribution in [3.05, 3.63) is 15.9 Å². The number of hydrogen-bond donors (Lipinski definition) is 1. The lowest BCUT2D eigenvalue weighted by Gasteiger charge is -2.13. The molecule has 0 saturated carbocycles. The highest BCUT2D eigenvalue weighted by Gasteiger charge is 2.16. The fourth-order valence-electron chi connectivity index (χ4n) is 2.47. The van der Waals surface area contributed by atoms with Crippen molar-refractivity contribution in [1.29, 1.82) is 0 Å². The monoisotopic (exact) mass is 343 g/mol. The van der Waals surface area contributed by atoms with Crippen LogP contribution in [0.15, 0.2) is 4.47 Å². The van der Waals surface area contributed by atoms with Crippen LogP contribution in [-0.2, 0) is 17.8 Å². The van der Waals surface area contributed by atoms with E-state index in [1.807, 2.05) is 18.5 Å². The Morgan fingerprint density at radius 3 is 2.65 bits per heavy atom. The van der Waals surface area contributed by atoms with Crippen molar-refractivity contribution in [2.45, 2.75) is 59.4 Å². The minimum atomic E-state index is 0.288. The van der Waals surface area contributed by atoms with Gasteiger partial charge in [-0.15, -0.1) is 0 Å². The van der Waals surface area contributed by atoms with Crippen molar-refractivity contribution < 1.29 is 4.79 Å². The molecular weight excluding hydrogens is 318 g/mol. The first kappa shape index (κ1) is 17.4. The van der Waals surface area contributed by atoms with E-state index in [0.717, 1.165) is 41.7 Å². The van der Waals surface area contributed by atoms with Gasteiger partial charge in [-0.2, -0.15) is 5.10 Å². The fourth-order valence-corrected chi connectivity index (χ4v) is 2.89. The van der Waals surface area contributed by atoms with Gasteiger partial charge in [-0.05, 0) is 55.1 Å². The van der Waals surface area contributed by atoms with Crippen LogP contribution in [0, 0.1) is 12.8 Å². The van der Waals surface area contributed by atoms with Crippen molar-refractivity contribution in [2.24, 2.45) is 11.7 Å². The van der Waals surface area contributed by atoms with E-state index in [4.69, 9.17) is 5.73 Å². The predicted octanol–water partition coefficient (Wildman–Crippen LogP) is 3.24. The number of Topliss-reactive ketones (excluding diaryl/α,β-unsaturated/α-hetero) is 1. The number of hydrogen-bond acceptors (Lipinski definition) is 3. The maximum atomic E-state index is 12.2. The molecule has 2 N–H and O–H groups in total. The summed E-state index contributed by atoms with van der Waals surface area (Å²) in [5.41, 5.74) is 7.54. The second kappa shape index (κ2) is 8.57. The molecule has 1 aromatic heterocycles. The molecule has 1 rings (SSSR count). The molecule has 1 heterocycles. The minimum Gasteiger partial charge on any atom is -0.330 e. The molecule has 1 unspecified atom stereocenters. The van der Waals surface area contributed by atoms with E-state index >= 15 is 0 Å². The van der Waals surface area contributed by atoms with Crippen LogP contribution in [0.25, 0.3) is 0 Å². The maximum Gasteiger partial charge on any atom is 0.138 e. The van der Waals surface area contributed by atoms with E-state index in [1.54, 1.807) is 0 Å². The molecule has 0 radical (unpaired) electrons. The molecule has 0 fully saturated rings. The molecule has 0 saturated heterocycles. The molecule has 1 aromatic rings. The minimum absolute atomic E-state index is 0.288. The number of carbonyl (C=O) groups is 1. The van der Waals surface area contributed by atoms with Crippen molar-refractivity contribution in [3.8, 4) is 0 Å². The molecule has 0 bridgehead atoms. The fraction of sp³-hybridized carbons (Fsp3) is 0.733. The molecule has 0 aliphatic carbocycles. The molecule has 20 heavy (non-hydrogen) atoms. The maximum absolute atomic E-state index is 12.2. The van der Waals surface area contributed by atoms with E-state index in [0.29, 0.717) is 25.3 Å². The number of ketones is 1. The highest BCUT2D eigenvalue weighted by atomic mass is 79.9. The summed E-state index contributed by atoms with van der Waals surface area (Å²) in [6, 6.07) is 0. The van der Waals surface area contributed by atoms with Gasteiger partial charge in [0.25, 0.3) is 0 Å². The highest BCUT2D eigenvalue weighted by molar-refractivity contribution is 9.10. The van der Waals surface area contributed by atoms with Crippen molar-refractivity contribution in [2.75, 3.05) is 6.54 Å². The molecule has 0 aliphatic rings. The second-order valence-electron chi connectivity index (χ2n) is 5.27. The molecule has 0 spiro atoms. The van der Waals surface area contributed by atoms with E-state index in [1.165, 1.54) is 0 Å². The standard InChI is InChI=1S/C15H26BrN3O/c1-4-12(8-9-17)6-7-13(20)10-14-15(16)11(3)18-19(14)5-2/h12H,4-10,17H2,1-3H3. The van der Waals surface area contributed by atoms with E-state index < -0.39 is 0 Å². The summed E-state index contributed by atoms with van der Waals surface area (Å²) in [6.07, 6.45) is 4.16. The van der Waals surface area contributed by atoms with Crippen LogP contribution in [-0.4, -0.2) is 22.1 Å². The lowest BCUT2D eigenvalue weighted by atomic mass is 9.94. The Morgan fingerprint density at radius 2 is 2.10 bits per heavy atom. The van der Waals surface area contributed by atoms with Crippen LogP contribution < -0.4 is 5.73 Å². The summed E-state index contributed by atoms with van der Waals surface area (Å²) in [5, 5.41) is 4.42. The third-order valence-corrected chi connectivity index (χ3v) is 4.83. The first-order valence-electron chi connectivity index (χ1n) is 7.46. The Hall–Kier alpha value is -0.680. The van der Waals surface area contributed by atoms with Gasteiger partial charge in [0.2, 0.25) is 0 Å². The number of nitrogens with two attached hydrogens (primary N) is 1. The van der Waals surface area contributed by atoms with Crippen molar-refractivity contribution in [1.82, 2.24) is 9.78 Å². The summed E-state index contributed by atoms with van der Waals surface area (Å²) >= 11 is 3.54. The third-order valence-electron chi connectivity index (χ3n) is 3.80. The summed E-state index contributed by atoms with van der Waals surface area (Å²) in [6.45, 7) is 7.66. The predicted molar refractivity (Wildman–Crippen MR) is 85.7 cm³/mol. The Labute approximate surface area is 130 Å². The van der Waals surface area contributed by atoms with Crippen LogP contribution >= 0.6 is 15.9 Å². The topological polar surface area (TPSA) is 60.9 Å². The molecule has 114 valence electrons. The van der Waals surface area contributed by atoms with Gasteiger partial charge in [-0.3, -0.25) is 9.48 Å². The Kier molecular flexibility index (Phi) is 7.45. The van der Waals surface area contributed by atoms with Crippen LogP contribution in [0.2, 0.25) is 0 Å².